The molecule has 118 valence electrons. The van der Waals surface area contributed by atoms with Gasteiger partial charge in [0.25, 0.3) is 0 Å². The largest absolute Gasteiger partial charge is 0.385 e. The first-order valence-corrected chi connectivity index (χ1v) is 7.84. The Kier molecular flexibility index (Phi) is 7.16. The van der Waals surface area contributed by atoms with E-state index in [9.17, 15) is 0 Å². The molecule has 1 aliphatic rings. The molecule has 1 unspecified atom stereocenters. The molecule has 0 fully saturated rings. The van der Waals surface area contributed by atoms with Crippen molar-refractivity contribution in [1.29, 1.82) is 0 Å². The van der Waals surface area contributed by atoms with Crippen LogP contribution in [0, 0.1) is 0 Å². The summed E-state index contributed by atoms with van der Waals surface area (Å²) >= 11 is 0. The highest BCUT2D eigenvalue weighted by Gasteiger charge is 2.21. The van der Waals surface area contributed by atoms with Gasteiger partial charge < -0.3 is 19.7 Å². The van der Waals surface area contributed by atoms with E-state index in [0.29, 0.717) is 5.92 Å². The van der Waals surface area contributed by atoms with Crippen LogP contribution >= 0.6 is 0 Å². The third kappa shape index (κ3) is 5.08. The Morgan fingerprint density at radius 1 is 1.14 bits per heavy atom. The smallest absolute Gasteiger partial charge is 0.0589 e. The molecule has 0 saturated heterocycles. The van der Waals surface area contributed by atoms with Gasteiger partial charge in [0.05, 0.1) is 6.61 Å². The molecule has 1 aromatic rings. The van der Waals surface area contributed by atoms with Gasteiger partial charge in [-0.15, -0.1) is 0 Å². The number of benzene rings is 1. The minimum absolute atomic E-state index is 0.564. The van der Waals surface area contributed by atoms with Crippen molar-refractivity contribution in [3.63, 3.8) is 0 Å². The Bertz CT molecular complexity index is 412. The third-order valence-electron chi connectivity index (χ3n) is 4.11. The van der Waals surface area contributed by atoms with Crippen LogP contribution in [0.3, 0.4) is 0 Å². The average Bonchev–Trinajstić information content (AvgIpc) is 2.53. The first kappa shape index (κ1) is 16.4. The lowest BCUT2D eigenvalue weighted by Gasteiger charge is -2.32. The summed E-state index contributed by atoms with van der Waals surface area (Å²) in [5.74, 6) is 0.564. The van der Waals surface area contributed by atoms with Gasteiger partial charge >= 0.3 is 0 Å². The zero-order chi connectivity index (χ0) is 14.9. The lowest BCUT2D eigenvalue weighted by molar-refractivity contribution is 0.128. The summed E-state index contributed by atoms with van der Waals surface area (Å²) in [7, 11) is 3.53. The topological polar surface area (TPSA) is 33.7 Å². The van der Waals surface area contributed by atoms with Gasteiger partial charge in [-0.3, -0.25) is 0 Å². The van der Waals surface area contributed by atoms with E-state index in [1.807, 2.05) is 0 Å². The summed E-state index contributed by atoms with van der Waals surface area (Å²) in [6.45, 7) is 6.79. The second-order valence-electron chi connectivity index (χ2n) is 5.67. The molecular formula is C17H28N2O2. The molecule has 4 heteroatoms. The quantitative estimate of drug-likeness (QED) is 0.704. The zero-order valence-electron chi connectivity index (χ0n) is 13.3. The van der Waals surface area contributed by atoms with Crippen molar-refractivity contribution in [2.75, 3.05) is 53.6 Å². The summed E-state index contributed by atoms with van der Waals surface area (Å²) in [5.41, 5.74) is 2.95. The molecule has 0 amide bonds. The Hall–Kier alpha value is -0.940. The van der Waals surface area contributed by atoms with Gasteiger partial charge in [0.1, 0.15) is 0 Å². The fraction of sp³-hybridized carbons (Fsp3) is 0.647. The normalized spacial score (nSPS) is 18.0. The lowest BCUT2D eigenvalue weighted by atomic mass is 9.90. The molecule has 1 aromatic carbocycles. The van der Waals surface area contributed by atoms with Crippen LogP contribution in [0.25, 0.3) is 0 Å². The fourth-order valence-corrected chi connectivity index (χ4v) is 3.01. The molecule has 0 saturated carbocycles. The number of hydrogen-bond acceptors (Lipinski definition) is 4. The first-order valence-electron chi connectivity index (χ1n) is 7.84. The Balaban J connectivity index is 1.95. The van der Waals surface area contributed by atoms with Gasteiger partial charge in [-0.25, -0.2) is 0 Å². The van der Waals surface area contributed by atoms with Crippen LogP contribution < -0.4 is 5.32 Å². The maximum atomic E-state index is 5.25. The molecule has 4 nitrogen and oxygen atoms in total. The molecule has 21 heavy (non-hydrogen) atoms. The van der Waals surface area contributed by atoms with Crippen molar-refractivity contribution < 1.29 is 9.47 Å². The minimum Gasteiger partial charge on any atom is -0.385 e. The highest BCUT2D eigenvalue weighted by atomic mass is 16.5. The van der Waals surface area contributed by atoms with Crippen molar-refractivity contribution in [3.8, 4) is 0 Å². The predicted octanol–water partition coefficient (Wildman–Crippen LogP) is 1.86. The van der Waals surface area contributed by atoms with E-state index in [2.05, 4.69) is 34.5 Å². The number of rotatable bonds is 9. The molecule has 1 atom stereocenters. The van der Waals surface area contributed by atoms with Crippen molar-refractivity contribution in [3.05, 3.63) is 35.4 Å². The molecule has 0 radical (unpaired) electrons. The maximum Gasteiger partial charge on any atom is 0.0589 e. The SMILES string of the molecule is COCCCN(CCOC)CC1CNCc2ccccc21. The van der Waals surface area contributed by atoms with E-state index in [1.165, 1.54) is 11.1 Å². The Morgan fingerprint density at radius 3 is 2.76 bits per heavy atom. The number of nitrogens with one attached hydrogen (secondary N) is 1. The number of fused-ring (bicyclic) bond motifs is 1. The predicted molar refractivity (Wildman–Crippen MR) is 85.7 cm³/mol. The van der Waals surface area contributed by atoms with E-state index in [4.69, 9.17) is 9.47 Å². The van der Waals surface area contributed by atoms with E-state index in [-0.39, 0.29) is 0 Å². The molecule has 1 N–H and O–H groups in total. The second kappa shape index (κ2) is 9.15. The highest BCUT2D eigenvalue weighted by molar-refractivity contribution is 5.32. The summed E-state index contributed by atoms with van der Waals surface area (Å²) in [4.78, 5) is 2.50. The van der Waals surface area contributed by atoms with Gasteiger partial charge in [-0.05, 0) is 17.5 Å². The van der Waals surface area contributed by atoms with Crippen molar-refractivity contribution in [1.82, 2.24) is 10.2 Å². The van der Waals surface area contributed by atoms with Gasteiger partial charge in [-0.1, -0.05) is 24.3 Å². The summed E-state index contributed by atoms with van der Waals surface area (Å²) < 4.78 is 10.4. The summed E-state index contributed by atoms with van der Waals surface area (Å²) in [6, 6.07) is 8.80. The van der Waals surface area contributed by atoms with Gasteiger partial charge in [0, 0.05) is 59.5 Å². The van der Waals surface area contributed by atoms with Crippen molar-refractivity contribution in [2.45, 2.75) is 18.9 Å². The van der Waals surface area contributed by atoms with E-state index in [0.717, 1.165) is 52.4 Å². The lowest BCUT2D eigenvalue weighted by Crippen LogP contribution is -2.38. The van der Waals surface area contributed by atoms with Crippen LogP contribution in [0.1, 0.15) is 23.5 Å². The van der Waals surface area contributed by atoms with E-state index in [1.54, 1.807) is 14.2 Å². The average molecular weight is 292 g/mol. The molecule has 0 bridgehead atoms. The van der Waals surface area contributed by atoms with E-state index < -0.39 is 0 Å². The van der Waals surface area contributed by atoms with Crippen LogP contribution in [0.2, 0.25) is 0 Å². The summed E-state index contributed by atoms with van der Waals surface area (Å²) in [5, 5.41) is 3.54. The van der Waals surface area contributed by atoms with Crippen LogP contribution in [-0.2, 0) is 16.0 Å². The van der Waals surface area contributed by atoms with Crippen molar-refractivity contribution in [2.24, 2.45) is 0 Å². The van der Waals surface area contributed by atoms with Crippen LogP contribution in [0.5, 0.6) is 0 Å². The van der Waals surface area contributed by atoms with Crippen LogP contribution in [0.15, 0.2) is 24.3 Å². The van der Waals surface area contributed by atoms with Crippen molar-refractivity contribution >= 4 is 0 Å². The number of nitrogens with zero attached hydrogens (tertiary/aromatic N) is 1. The molecule has 1 heterocycles. The van der Waals surface area contributed by atoms with Crippen LogP contribution in [0.4, 0.5) is 0 Å². The second-order valence-corrected chi connectivity index (χ2v) is 5.67. The Labute approximate surface area is 128 Å². The standard InChI is InChI=1S/C17H28N2O2/c1-20-10-5-8-19(9-11-21-2)14-16-13-18-12-15-6-3-4-7-17(15)16/h3-4,6-7,16,18H,5,8-14H2,1-2H3. The molecule has 0 aliphatic carbocycles. The minimum atomic E-state index is 0.564. The monoisotopic (exact) mass is 292 g/mol. The third-order valence-corrected chi connectivity index (χ3v) is 4.11. The van der Waals surface area contributed by atoms with Gasteiger partial charge in [0.15, 0.2) is 0 Å². The fourth-order valence-electron chi connectivity index (χ4n) is 3.01. The molecule has 0 spiro atoms. The number of methoxy groups -OCH3 is 2. The number of hydrogen-bond donors (Lipinski definition) is 1. The van der Waals surface area contributed by atoms with Gasteiger partial charge in [-0.2, -0.15) is 0 Å². The first-order chi connectivity index (χ1) is 10.3. The van der Waals surface area contributed by atoms with E-state index >= 15 is 0 Å². The zero-order valence-corrected chi connectivity index (χ0v) is 13.3. The highest BCUT2D eigenvalue weighted by Crippen LogP contribution is 2.24. The number of ether oxygens (including phenoxy) is 2. The molecule has 2 rings (SSSR count). The van der Waals surface area contributed by atoms with Crippen LogP contribution in [-0.4, -0.2) is 58.5 Å². The summed E-state index contributed by atoms with van der Waals surface area (Å²) in [6.07, 6.45) is 1.07. The molecule has 1 aliphatic heterocycles. The molecular weight excluding hydrogens is 264 g/mol. The molecule has 0 aromatic heterocycles. The Morgan fingerprint density at radius 2 is 1.95 bits per heavy atom. The maximum absolute atomic E-state index is 5.25. The van der Waals surface area contributed by atoms with Gasteiger partial charge in [0.2, 0.25) is 0 Å².